The van der Waals surface area contributed by atoms with Crippen molar-refractivity contribution < 1.29 is 0 Å². The molecule has 5 heteroatoms. The lowest BCUT2D eigenvalue weighted by Gasteiger charge is -1.97. The second kappa shape index (κ2) is 4.17. The fourth-order valence-corrected chi connectivity index (χ4v) is 2.80. The van der Waals surface area contributed by atoms with E-state index in [4.69, 9.17) is 0 Å². The number of nitrogens with one attached hydrogen (secondary N) is 1. The van der Waals surface area contributed by atoms with Crippen LogP contribution in [0.3, 0.4) is 0 Å². The third kappa shape index (κ3) is 1.78. The van der Waals surface area contributed by atoms with Crippen molar-refractivity contribution in [2.75, 3.05) is 11.9 Å². The molecule has 1 aliphatic heterocycles. The van der Waals surface area contributed by atoms with Crippen molar-refractivity contribution in [1.82, 2.24) is 15.0 Å². The zero-order valence-corrected chi connectivity index (χ0v) is 9.63. The van der Waals surface area contributed by atoms with Gasteiger partial charge >= 0.3 is 0 Å². The monoisotopic (exact) mass is 232 g/mol. The first-order chi connectivity index (χ1) is 7.93. The SMILES string of the molecule is c1cnc(-c2nc3c(s2)NCCCC3)cn1. The Hall–Kier alpha value is -1.49. The number of anilines is 1. The Morgan fingerprint density at radius 1 is 1.25 bits per heavy atom. The van der Waals surface area contributed by atoms with E-state index in [2.05, 4.69) is 20.3 Å². The van der Waals surface area contributed by atoms with Crippen molar-refractivity contribution in [3.05, 3.63) is 24.3 Å². The van der Waals surface area contributed by atoms with Crippen molar-refractivity contribution in [3.63, 3.8) is 0 Å². The number of aromatic nitrogens is 3. The van der Waals surface area contributed by atoms with E-state index in [-0.39, 0.29) is 0 Å². The highest BCUT2D eigenvalue weighted by molar-refractivity contribution is 7.19. The molecule has 4 nitrogen and oxygen atoms in total. The van der Waals surface area contributed by atoms with E-state index in [1.807, 2.05) is 0 Å². The lowest BCUT2D eigenvalue weighted by Crippen LogP contribution is -1.96. The van der Waals surface area contributed by atoms with Crippen molar-refractivity contribution >= 4 is 16.3 Å². The van der Waals surface area contributed by atoms with Crippen molar-refractivity contribution in [3.8, 4) is 10.7 Å². The molecule has 2 aromatic rings. The molecule has 82 valence electrons. The van der Waals surface area contributed by atoms with E-state index in [1.54, 1.807) is 29.9 Å². The minimum Gasteiger partial charge on any atom is -0.375 e. The summed E-state index contributed by atoms with van der Waals surface area (Å²) >= 11 is 1.68. The zero-order chi connectivity index (χ0) is 10.8. The lowest BCUT2D eigenvalue weighted by molar-refractivity contribution is 0.775. The minimum atomic E-state index is 0.863. The predicted octanol–water partition coefficient (Wildman–Crippen LogP) is 2.35. The molecule has 1 N–H and O–H groups in total. The molecular formula is C11H12N4S. The van der Waals surface area contributed by atoms with E-state index in [9.17, 15) is 0 Å². The van der Waals surface area contributed by atoms with Gasteiger partial charge < -0.3 is 5.32 Å². The summed E-state index contributed by atoms with van der Waals surface area (Å²) in [5, 5.41) is 5.59. The summed E-state index contributed by atoms with van der Waals surface area (Å²) < 4.78 is 0. The molecular weight excluding hydrogens is 220 g/mol. The molecule has 0 atom stereocenters. The molecule has 16 heavy (non-hydrogen) atoms. The maximum atomic E-state index is 4.63. The molecule has 0 saturated carbocycles. The summed E-state index contributed by atoms with van der Waals surface area (Å²) in [4.78, 5) is 13.0. The van der Waals surface area contributed by atoms with Crippen LogP contribution in [0, 0.1) is 0 Å². The lowest BCUT2D eigenvalue weighted by atomic mass is 10.2. The van der Waals surface area contributed by atoms with E-state index < -0.39 is 0 Å². The van der Waals surface area contributed by atoms with E-state index >= 15 is 0 Å². The van der Waals surface area contributed by atoms with Gasteiger partial charge in [-0.25, -0.2) is 4.98 Å². The molecule has 1 aliphatic rings. The van der Waals surface area contributed by atoms with Gasteiger partial charge in [-0.15, -0.1) is 0 Å². The molecule has 0 radical (unpaired) electrons. The van der Waals surface area contributed by atoms with Gasteiger partial charge in [0.05, 0.1) is 11.9 Å². The van der Waals surface area contributed by atoms with Gasteiger partial charge in [0.25, 0.3) is 0 Å². The van der Waals surface area contributed by atoms with Crippen LogP contribution in [0.4, 0.5) is 5.00 Å². The third-order valence-electron chi connectivity index (χ3n) is 2.61. The third-order valence-corrected chi connectivity index (χ3v) is 3.68. The first-order valence-electron chi connectivity index (χ1n) is 5.43. The summed E-state index contributed by atoms with van der Waals surface area (Å²) in [7, 11) is 0. The van der Waals surface area contributed by atoms with Gasteiger partial charge in [0.1, 0.15) is 15.7 Å². The molecule has 0 unspecified atom stereocenters. The molecule has 3 rings (SSSR count). The first-order valence-corrected chi connectivity index (χ1v) is 6.25. The highest BCUT2D eigenvalue weighted by Crippen LogP contribution is 2.32. The van der Waals surface area contributed by atoms with Crippen LogP contribution in [0.2, 0.25) is 0 Å². The average Bonchev–Trinajstić information content (AvgIpc) is 2.62. The molecule has 0 saturated heterocycles. The van der Waals surface area contributed by atoms with Crippen molar-refractivity contribution in [2.24, 2.45) is 0 Å². The molecule has 0 aromatic carbocycles. The number of rotatable bonds is 1. The Balaban J connectivity index is 1.98. The van der Waals surface area contributed by atoms with E-state index in [1.165, 1.54) is 23.5 Å². The first kappa shape index (κ1) is 9.72. The van der Waals surface area contributed by atoms with Crippen LogP contribution in [0.25, 0.3) is 10.7 Å². The van der Waals surface area contributed by atoms with Gasteiger partial charge in [-0.1, -0.05) is 11.3 Å². The molecule has 0 amide bonds. The quantitative estimate of drug-likeness (QED) is 0.820. The summed E-state index contributed by atoms with van der Waals surface area (Å²) in [6.45, 7) is 1.05. The van der Waals surface area contributed by atoms with E-state index in [0.29, 0.717) is 0 Å². The smallest absolute Gasteiger partial charge is 0.145 e. The van der Waals surface area contributed by atoms with Crippen molar-refractivity contribution in [1.29, 1.82) is 0 Å². The van der Waals surface area contributed by atoms with Gasteiger partial charge in [-0.05, 0) is 19.3 Å². The average molecular weight is 232 g/mol. The maximum Gasteiger partial charge on any atom is 0.145 e. The zero-order valence-electron chi connectivity index (χ0n) is 8.81. The summed E-state index contributed by atoms with van der Waals surface area (Å²) in [6.07, 6.45) is 8.65. The number of hydrogen-bond donors (Lipinski definition) is 1. The largest absolute Gasteiger partial charge is 0.375 e. The number of fused-ring (bicyclic) bond motifs is 1. The van der Waals surface area contributed by atoms with Gasteiger partial charge in [0, 0.05) is 18.9 Å². The summed E-state index contributed by atoms with van der Waals surface area (Å²) in [6, 6.07) is 0. The number of thiazole rings is 1. The molecule has 0 aliphatic carbocycles. The fourth-order valence-electron chi connectivity index (χ4n) is 1.80. The standard InChI is InChI=1S/C11H12N4S/c1-2-4-14-10-8(3-1)15-11(16-10)9-7-12-5-6-13-9/h5-7,14H,1-4H2. The second-order valence-electron chi connectivity index (χ2n) is 3.77. The Morgan fingerprint density at radius 2 is 2.25 bits per heavy atom. The normalized spacial score (nSPS) is 15.0. The summed E-state index contributed by atoms with van der Waals surface area (Å²) in [5.74, 6) is 0. The van der Waals surface area contributed by atoms with Crippen molar-refractivity contribution in [2.45, 2.75) is 19.3 Å². The molecule has 2 aromatic heterocycles. The van der Waals surface area contributed by atoms with Gasteiger partial charge in [-0.3, -0.25) is 9.97 Å². The molecule has 3 heterocycles. The Bertz CT molecular complexity index is 456. The highest BCUT2D eigenvalue weighted by Gasteiger charge is 2.15. The summed E-state index contributed by atoms with van der Waals surface area (Å²) in [5.41, 5.74) is 2.05. The van der Waals surface area contributed by atoms with Crippen LogP contribution >= 0.6 is 11.3 Å². The minimum absolute atomic E-state index is 0.863. The molecule has 0 fully saturated rings. The Morgan fingerprint density at radius 3 is 3.12 bits per heavy atom. The molecule has 0 spiro atoms. The fraction of sp³-hybridized carbons (Fsp3) is 0.364. The van der Waals surface area contributed by atoms with Crippen LogP contribution in [-0.4, -0.2) is 21.5 Å². The second-order valence-corrected chi connectivity index (χ2v) is 4.77. The Labute approximate surface area is 97.8 Å². The highest BCUT2D eigenvalue weighted by atomic mass is 32.1. The topological polar surface area (TPSA) is 50.7 Å². The number of hydrogen-bond acceptors (Lipinski definition) is 5. The Kier molecular flexibility index (Phi) is 2.53. The number of nitrogens with zero attached hydrogens (tertiary/aromatic N) is 3. The van der Waals surface area contributed by atoms with Crippen LogP contribution < -0.4 is 5.32 Å². The number of aryl methyl sites for hydroxylation is 1. The van der Waals surface area contributed by atoms with Gasteiger partial charge in [0.2, 0.25) is 0 Å². The van der Waals surface area contributed by atoms with Crippen LogP contribution in [-0.2, 0) is 6.42 Å². The van der Waals surface area contributed by atoms with Crippen LogP contribution in [0.1, 0.15) is 18.5 Å². The van der Waals surface area contributed by atoms with Crippen LogP contribution in [0.5, 0.6) is 0 Å². The predicted molar refractivity (Wildman–Crippen MR) is 64.6 cm³/mol. The molecule has 0 bridgehead atoms. The maximum absolute atomic E-state index is 4.63. The van der Waals surface area contributed by atoms with E-state index in [0.717, 1.165) is 23.7 Å². The van der Waals surface area contributed by atoms with Crippen LogP contribution in [0.15, 0.2) is 18.6 Å². The van der Waals surface area contributed by atoms with Gasteiger partial charge in [0.15, 0.2) is 0 Å². The van der Waals surface area contributed by atoms with Gasteiger partial charge in [-0.2, -0.15) is 0 Å².